The summed E-state index contributed by atoms with van der Waals surface area (Å²) in [5.74, 6) is 0.894. The maximum absolute atomic E-state index is 13.0. The SMILES string of the molecule is CC(C)Oc1cc2nc(C3CCCCCC3)cn2cc1C(=O)Nc1ccccc1. The van der Waals surface area contributed by atoms with Crippen LogP contribution in [0.1, 0.15) is 74.3 Å². The number of anilines is 1. The van der Waals surface area contributed by atoms with Gasteiger partial charge in [0, 0.05) is 30.1 Å². The van der Waals surface area contributed by atoms with Crippen LogP contribution in [-0.2, 0) is 0 Å². The van der Waals surface area contributed by atoms with Gasteiger partial charge in [0.2, 0.25) is 0 Å². The van der Waals surface area contributed by atoms with Crippen LogP contribution in [0.3, 0.4) is 0 Å². The normalized spacial score (nSPS) is 15.4. The number of nitrogens with zero attached hydrogens (tertiary/aromatic N) is 2. The van der Waals surface area contributed by atoms with Gasteiger partial charge in [0.25, 0.3) is 5.91 Å². The van der Waals surface area contributed by atoms with Crippen molar-refractivity contribution in [1.29, 1.82) is 0 Å². The summed E-state index contributed by atoms with van der Waals surface area (Å²) in [7, 11) is 0. The molecule has 1 aliphatic carbocycles. The molecule has 0 saturated heterocycles. The largest absolute Gasteiger partial charge is 0.490 e. The van der Waals surface area contributed by atoms with Crippen LogP contribution in [0.25, 0.3) is 5.65 Å². The van der Waals surface area contributed by atoms with Crippen molar-refractivity contribution in [2.45, 2.75) is 64.4 Å². The smallest absolute Gasteiger partial charge is 0.260 e. The minimum Gasteiger partial charge on any atom is -0.490 e. The van der Waals surface area contributed by atoms with Crippen LogP contribution >= 0.6 is 0 Å². The van der Waals surface area contributed by atoms with E-state index < -0.39 is 0 Å². The molecule has 5 nitrogen and oxygen atoms in total. The lowest BCUT2D eigenvalue weighted by molar-refractivity contribution is 0.102. The van der Waals surface area contributed by atoms with Gasteiger partial charge in [0.05, 0.1) is 17.4 Å². The van der Waals surface area contributed by atoms with Crippen molar-refractivity contribution in [3.05, 3.63) is 60.0 Å². The fourth-order valence-electron chi connectivity index (χ4n) is 4.05. The monoisotopic (exact) mass is 391 g/mol. The quantitative estimate of drug-likeness (QED) is 0.558. The summed E-state index contributed by atoms with van der Waals surface area (Å²) in [4.78, 5) is 17.9. The van der Waals surface area contributed by atoms with Crippen molar-refractivity contribution in [1.82, 2.24) is 9.38 Å². The van der Waals surface area contributed by atoms with Gasteiger partial charge in [-0.25, -0.2) is 4.98 Å². The second kappa shape index (κ2) is 8.68. The summed E-state index contributed by atoms with van der Waals surface area (Å²) in [6.07, 6.45) is 11.5. The number of para-hydroxylation sites is 1. The number of carbonyl (C=O) groups is 1. The highest BCUT2D eigenvalue weighted by molar-refractivity contribution is 6.06. The molecular weight excluding hydrogens is 362 g/mol. The van der Waals surface area contributed by atoms with Crippen molar-refractivity contribution in [2.75, 3.05) is 5.32 Å². The Morgan fingerprint density at radius 3 is 2.52 bits per heavy atom. The third-order valence-corrected chi connectivity index (χ3v) is 5.49. The number of aromatic nitrogens is 2. The number of pyridine rings is 1. The molecule has 1 aliphatic rings. The maximum atomic E-state index is 13.0. The topological polar surface area (TPSA) is 55.6 Å². The second-order valence-electron chi connectivity index (χ2n) is 8.16. The first-order valence-corrected chi connectivity index (χ1v) is 10.7. The second-order valence-corrected chi connectivity index (χ2v) is 8.16. The Balaban J connectivity index is 1.68. The van der Waals surface area contributed by atoms with E-state index in [-0.39, 0.29) is 12.0 Å². The highest BCUT2D eigenvalue weighted by Gasteiger charge is 2.20. The minimum absolute atomic E-state index is 0.0305. The van der Waals surface area contributed by atoms with Crippen molar-refractivity contribution < 1.29 is 9.53 Å². The molecule has 1 saturated carbocycles. The molecule has 0 unspecified atom stereocenters. The third kappa shape index (κ3) is 4.61. The summed E-state index contributed by atoms with van der Waals surface area (Å²) in [5, 5.41) is 2.96. The first-order valence-electron chi connectivity index (χ1n) is 10.7. The van der Waals surface area contributed by atoms with E-state index in [2.05, 4.69) is 11.5 Å². The average Bonchev–Trinajstić information content (AvgIpc) is 2.92. The Morgan fingerprint density at radius 1 is 1.10 bits per heavy atom. The van der Waals surface area contributed by atoms with Crippen LogP contribution in [0.5, 0.6) is 5.75 Å². The Labute approximate surface area is 172 Å². The predicted octanol–water partition coefficient (Wildman–Crippen LogP) is 5.81. The molecule has 0 radical (unpaired) electrons. The van der Waals surface area contributed by atoms with Crippen LogP contribution in [0.2, 0.25) is 0 Å². The Hall–Kier alpha value is -2.82. The first kappa shape index (κ1) is 19.5. The molecule has 4 rings (SSSR count). The number of rotatable bonds is 5. The fourth-order valence-corrected chi connectivity index (χ4v) is 4.05. The van der Waals surface area contributed by atoms with Crippen molar-refractivity contribution >= 4 is 17.2 Å². The molecule has 1 aromatic carbocycles. The van der Waals surface area contributed by atoms with Gasteiger partial charge in [0.1, 0.15) is 11.4 Å². The van der Waals surface area contributed by atoms with E-state index in [9.17, 15) is 4.79 Å². The Kier molecular flexibility index (Phi) is 5.84. The van der Waals surface area contributed by atoms with E-state index in [0.29, 0.717) is 17.2 Å². The van der Waals surface area contributed by atoms with Crippen molar-refractivity contribution in [3.63, 3.8) is 0 Å². The molecule has 5 heteroatoms. The number of hydrogen-bond donors (Lipinski definition) is 1. The highest BCUT2D eigenvalue weighted by Crippen LogP contribution is 2.32. The van der Waals surface area contributed by atoms with Gasteiger partial charge >= 0.3 is 0 Å². The standard InChI is InChI=1S/C24H29N3O2/c1-17(2)29-22-14-23-26-21(18-10-6-3-4-7-11-18)16-27(23)15-20(22)24(28)25-19-12-8-5-9-13-19/h5,8-9,12-18H,3-4,6-7,10-11H2,1-2H3,(H,25,28). The summed E-state index contributed by atoms with van der Waals surface area (Å²) >= 11 is 0. The van der Waals surface area contributed by atoms with E-state index in [0.717, 1.165) is 17.0 Å². The zero-order valence-electron chi connectivity index (χ0n) is 17.2. The Bertz CT molecular complexity index is 970. The molecule has 0 bridgehead atoms. The molecule has 0 aliphatic heterocycles. The number of amides is 1. The molecule has 1 amide bonds. The summed E-state index contributed by atoms with van der Waals surface area (Å²) in [6, 6.07) is 11.4. The van der Waals surface area contributed by atoms with Crippen LogP contribution < -0.4 is 10.1 Å². The zero-order valence-corrected chi connectivity index (χ0v) is 17.2. The minimum atomic E-state index is -0.182. The van der Waals surface area contributed by atoms with Gasteiger partial charge in [-0.05, 0) is 38.8 Å². The lowest BCUT2D eigenvalue weighted by atomic mass is 9.97. The molecule has 29 heavy (non-hydrogen) atoms. The molecule has 2 aromatic heterocycles. The number of nitrogens with one attached hydrogen (secondary N) is 1. The summed E-state index contributed by atoms with van der Waals surface area (Å²) in [6.45, 7) is 3.93. The van der Waals surface area contributed by atoms with Crippen LogP contribution in [0.15, 0.2) is 48.8 Å². The van der Waals surface area contributed by atoms with Gasteiger partial charge in [0.15, 0.2) is 0 Å². The first-order chi connectivity index (χ1) is 14.1. The van der Waals surface area contributed by atoms with Gasteiger partial charge in [-0.15, -0.1) is 0 Å². The molecule has 152 valence electrons. The van der Waals surface area contributed by atoms with Gasteiger partial charge in [-0.1, -0.05) is 43.9 Å². The lowest BCUT2D eigenvalue weighted by Crippen LogP contribution is -2.16. The number of imidazole rings is 1. The number of ether oxygens (including phenoxy) is 1. The van der Waals surface area contributed by atoms with E-state index in [4.69, 9.17) is 9.72 Å². The summed E-state index contributed by atoms with van der Waals surface area (Å²) in [5.41, 5.74) is 3.23. The summed E-state index contributed by atoms with van der Waals surface area (Å²) < 4.78 is 7.94. The van der Waals surface area contributed by atoms with Gasteiger partial charge in [-0.3, -0.25) is 4.79 Å². The van der Waals surface area contributed by atoms with Crippen LogP contribution in [-0.4, -0.2) is 21.4 Å². The van der Waals surface area contributed by atoms with E-state index in [1.807, 2.05) is 60.8 Å². The van der Waals surface area contributed by atoms with Gasteiger partial charge in [-0.2, -0.15) is 0 Å². The molecule has 2 heterocycles. The van der Waals surface area contributed by atoms with E-state index in [1.54, 1.807) is 0 Å². The van der Waals surface area contributed by atoms with Crippen molar-refractivity contribution in [2.24, 2.45) is 0 Å². The number of hydrogen-bond acceptors (Lipinski definition) is 3. The van der Waals surface area contributed by atoms with Crippen molar-refractivity contribution in [3.8, 4) is 5.75 Å². The molecular formula is C24H29N3O2. The maximum Gasteiger partial charge on any atom is 0.260 e. The number of benzene rings is 1. The Morgan fingerprint density at radius 2 is 1.83 bits per heavy atom. The van der Waals surface area contributed by atoms with E-state index in [1.165, 1.54) is 38.5 Å². The van der Waals surface area contributed by atoms with Gasteiger partial charge < -0.3 is 14.5 Å². The molecule has 3 aromatic rings. The fraction of sp³-hybridized carbons (Fsp3) is 0.417. The van der Waals surface area contributed by atoms with Crippen LogP contribution in [0, 0.1) is 0 Å². The molecule has 0 spiro atoms. The van der Waals surface area contributed by atoms with Crippen LogP contribution in [0.4, 0.5) is 5.69 Å². The average molecular weight is 392 g/mol. The zero-order chi connectivity index (χ0) is 20.2. The third-order valence-electron chi connectivity index (χ3n) is 5.49. The molecule has 0 atom stereocenters. The number of carbonyl (C=O) groups excluding carboxylic acids is 1. The highest BCUT2D eigenvalue weighted by atomic mass is 16.5. The molecule has 1 fully saturated rings. The van der Waals surface area contributed by atoms with E-state index >= 15 is 0 Å². The number of fused-ring (bicyclic) bond motifs is 1. The lowest BCUT2D eigenvalue weighted by Gasteiger charge is -2.14. The molecule has 1 N–H and O–H groups in total. The predicted molar refractivity (Wildman–Crippen MR) is 116 cm³/mol.